The molecule has 0 unspecified atom stereocenters. The van der Waals surface area contributed by atoms with Crippen LogP contribution in [0.2, 0.25) is 0 Å². The molecule has 3 heteroatoms. The van der Waals surface area contributed by atoms with E-state index >= 15 is 0 Å². The molecule has 0 radical (unpaired) electrons. The Morgan fingerprint density at radius 1 is 1.26 bits per heavy atom. The molecule has 0 saturated carbocycles. The molecule has 3 nitrogen and oxygen atoms in total. The summed E-state index contributed by atoms with van der Waals surface area (Å²) in [6, 6.07) is 8.27. The van der Waals surface area contributed by atoms with E-state index in [4.69, 9.17) is 0 Å². The van der Waals surface area contributed by atoms with Crippen molar-refractivity contribution in [2.24, 2.45) is 5.92 Å². The summed E-state index contributed by atoms with van der Waals surface area (Å²) in [5.74, 6) is 2.06. The van der Waals surface area contributed by atoms with Crippen molar-refractivity contribution in [2.75, 3.05) is 13.1 Å². The number of nitrogens with zero attached hydrogens (tertiary/aromatic N) is 2. The van der Waals surface area contributed by atoms with Crippen LogP contribution in [0.15, 0.2) is 24.3 Å². The Morgan fingerprint density at radius 2 is 2.05 bits per heavy atom. The molecule has 102 valence electrons. The number of hydrogen-bond donors (Lipinski definition) is 1. The van der Waals surface area contributed by atoms with Gasteiger partial charge < -0.3 is 4.98 Å². The highest BCUT2D eigenvalue weighted by atomic mass is 15.2. The van der Waals surface area contributed by atoms with Gasteiger partial charge in [-0.1, -0.05) is 31.9 Å². The first kappa shape index (κ1) is 12.7. The summed E-state index contributed by atoms with van der Waals surface area (Å²) in [4.78, 5) is 10.6. The number of benzene rings is 1. The topological polar surface area (TPSA) is 31.9 Å². The summed E-state index contributed by atoms with van der Waals surface area (Å²) >= 11 is 0. The van der Waals surface area contributed by atoms with E-state index < -0.39 is 0 Å². The highest BCUT2D eigenvalue weighted by Gasteiger charge is 2.19. The Bertz CT molecular complexity index is 491. The van der Waals surface area contributed by atoms with E-state index in [2.05, 4.69) is 40.0 Å². The van der Waals surface area contributed by atoms with Crippen LogP contribution in [0.4, 0.5) is 0 Å². The summed E-state index contributed by atoms with van der Waals surface area (Å²) in [6.45, 7) is 5.71. The average molecular weight is 257 g/mol. The van der Waals surface area contributed by atoms with E-state index in [1.165, 1.54) is 38.8 Å². The molecule has 1 aromatic carbocycles. The highest BCUT2D eigenvalue weighted by molar-refractivity contribution is 5.74. The molecule has 1 aromatic heterocycles. The van der Waals surface area contributed by atoms with Gasteiger partial charge in [-0.15, -0.1) is 0 Å². The normalized spacial score (nSPS) is 18.2. The summed E-state index contributed by atoms with van der Waals surface area (Å²) in [5.41, 5.74) is 2.23. The molecule has 1 saturated heterocycles. The molecule has 0 atom stereocenters. The molecular weight excluding hydrogens is 234 g/mol. The maximum absolute atomic E-state index is 4.66. The first-order valence-electron chi connectivity index (χ1n) is 7.51. The minimum Gasteiger partial charge on any atom is -0.341 e. The molecule has 0 aliphatic carbocycles. The molecular formula is C16H23N3. The maximum atomic E-state index is 4.66. The third-order valence-corrected chi connectivity index (χ3v) is 4.22. The van der Waals surface area contributed by atoms with Crippen molar-refractivity contribution in [2.45, 2.75) is 39.2 Å². The Morgan fingerprint density at radius 3 is 2.79 bits per heavy atom. The molecule has 0 bridgehead atoms. The van der Waals surface area contributed by atoms with Crippen molar-refractivity contribution < 1.29 is 0 Å². The highest BCUT2D eigenvalue weighted by Crippen LogP contribution is 2.22. The van der Waals surface area contributed by atoms with Crippen molar-refractivity contribution >= 4 is 11.0 Å². The SMILES string of the molecule is CCCC1CCN(Cc2nc3ccccc3[nH]2)CC1. The van der Waals surface area contributed by atoms with Crippen LogP contribution in [0, 0.1) is 5.92 Å². The van der Waals surface area contributed by atoms with Crippen molar-refractivity contribution in [3.8, 4) is 0 Å². The van der Waals surface area contributed by atoms with Crippen molar-refractivity contribution in [1.82, 2.24) is 14.9 Å². The fourth-order valence-corrected chi connectivity index (χ4v) is 3.13. The molecule has 0 amide bonds. The van der Waals surface area contributed by atoms with Gasteiger partial charge in [0.2, 0.25) is 0 Å². The molecule has 3 rings (SSSR count). The zero-order chi connectivity index (χ0) is 13.1. The fraction of sp³-hybridized carbons (Fsp3) is 0.562. The standard InChI is InChI=1S/C16H23N3/c1-2-5-13-8-10-19(11-9-13)12-16-17-14-6-3-4-7-15(14)18-16/h3-4,6-7,13H,2,5,8-12H2,1H3,(H,17,18). The lowest BCUT2D eigenvalue weighted by Crippen LogP contribution is -2.33. The third-order valence-electron chi connectivity index (χ3n) is 4.22. The Hall–Kier alpha value is -1.35. The van der Waals surface area contributed by atoms with E-state index in [-0.39, 0.29) is 0 Å². The van der Waals surface area contributed by atoms with E-state index in [0.717, 1.165) is 29.3 Å². The second-order valence-corrected chi connectivity index (χ2v) is 5.71. The summed E-state index contributed by atoms with van der Waals surface area (Å²) in [5, 5.41) is 0. The largest absolute Gasteiger partial charge is 0.341 e. The van der Waals surface area contributed by atoms with Gasteiger partial charge in [-0.2, -0.15) is 0 Å². The van der Waals surface area contributed by atoms with Crippen molar-refractivity contribution in [3.63, 3.8) is 0 Å². The van der Waals surface area contributed by atoms with Crippen LogP contribution in [0.3, 0.4) is 0 Å². The van der Waals surface area contributed by atoms with Gasteiger partial charge in [0.15, 0.2) is 0 Å². The first-order chi connectivity index (χ1) is 9.35. The maximum Gasteiger partial charge on any atom is 0.121 e. The number of rotatable bonds is 4. The van der Waals surface area contributed by atoms with Crippen LogP contribution in [-0.2, 0) is 6.54 Å². The van der Waals surface area contributed by atoms with Crippen LogP contribution >= 0.6 is 0 Å². The van der Waals surface area contributed by atoms with Gasteiger partial charge in [-0.05, 0) is 44.0 Å². The number of aromatic nitrogens is 2. The monoisotopic (exact) mass is 257 g/mol. The fourth-order valence-electron chi connectivity index (χ4n) is 3.13. The zero-order valence-corrected chi connectivity index (χ0v) is 11.7. The van der Waals surface area contributed by atoms with Crippen LogP contribution < -0.4 is 0 Å². The van der Waals surface area contributed by atoms with E-state index in [1.54, 1.807) is 0 Å². The summed E-state index contributed by atoms with van der Waals surface area (Å²) < 4.78 is 0. The minimum absolute atomic E-state index is 0.955. The number of piperidine rings is 1. The number of para-hydroxylation sites is 2. The molecule has 19 heavy (non-hydrogen) atoms. The zero-order valence-electron chi connectivity index (χ0n) is 11.7. The molecule has 1 fully saturated rings. The van der Waals surface area contributed by atoms with Gasteiger partial charge in [-0.3, -0.25) is 4.90 Å². The lowest BCUT2D eigenvalue weighted by atomic mass is 9.92. The van der Waals surface area contributed by atoms with Crippen molar-refractivity contribution in [1.29, 1.82) is 0 Å². The molecule has 1 N–H and O–H groups in total. The van der Waals surface area contributed by atoms with Crippen molar-refractivity contribution in [3.05, 3.63) is 30.1 Å². The van der Waals surface area contributed by atoms with E-state index in [0.29, 0.717) is 0 Å². The molecule has 2 aromatic rings. The predicted molar refractivity (Wildman–Crippen MR) is 79.0 cm³/mol. The summed E-state index contributed by atoms with van der Waals surface area (Å²) in [7, 11) is 0. The molecule has 0 spiro atoms. The molecule has 1 aliphatic rings. The number of aromatic amines is 1. The van der Waals surface area contributed by atoms with Gasteiger partial charge in [0.1, 0.15) is 5.82 Å². The van der Waals surface area contributed by atoms with E-state index in [1.807, 2.05) is 6.07 Å². The van der Waals surface area contributed by atoms with Gasteiger partial charge in [0.05, 0.1) is 17.6 Å². The van der Waals surface area contributed by atoms with Gasteiger partial charge in [-0.25, -0.2) is 4.98 Å². The van der Waals surface area contributed by atoms with Crippen LogP contribution in [0.5, 0.6) is 0 Å². The molecule has 1 aliphatic heterocycles. The number of likely N-dealkylation sites (tertiary alicyclic amines) is 1. The number of hydrogen-bond acceptors (Lipinski definition) is 2. The Balaban J connectivity index is 1.60. The summed E-state index contributed by atoms with van der Waals surface area (Å²) in [6.07, 6.45) is 5.44. The quantitative estimate of drug-likeness (QED) is 0.908. The number of H-pyrrole nitrogens is 1. The van der Waals surface area contributed by atoms with Crippen LogP contribution in [0.1, 0.15) is 38.4 Å². The second kappa shape index (κ2) is 5.74. The predicted octanol–water partition coefficient (Wildman–Crippen LogP) is 3.58. The van der Waals surface area contributed by atoms with Crippen LogP contribution in [-0.4, -0.2) is 28.0 Å². The molecule has 2 heterocycles. The first-order valence-corrected chi connectivity index (χ1v) is 7.51. The van der Waals surface area contributed by atoms with Gasteiger partial charge >= 0.3 is 0 Å². The van der Waals surface area contributed by atoms with E-state index in [9.17, 15) is 0 Å². The number of fused-ring (bicyclic) bond motifs is 1. The lowest BCUT2D eigenvalue weighted by Gasteiger charge is -2.31. The smallest absolute Gasteiger partial charge is 0.121 e. The van der Waals surface area contributed by atoms with Gasteiger partial charge in [0.25, 0.3) is 0 Å². The third kappa shape index (κ3) is 2.98. The lowest BCUT2D eigenvalue weighted by molar-refractivity contribution is 0.169. The number of nitrogens with one attached hydrogen (secondary N) is 1. The van der Waals surface area contributed by atoms with Gasteiger partial charge in [0, 0.05) is 0 Å². The Labute approximate surface area is 115 Å². The van der Waals surface area contributed by atoms with Crippen LogP contribution in [0.25, 0.3) is 11.0 Å². The minimum atomic E-state index is 0.955. The Kier molecular flexibility index (Phi) is 3.83. The second-order valence-electron chi connectivity index (χ2n) is 5.71. The number of imidazole rings is 1. The average Bonchev–Trinajstić information content (AvgIpc) is 2.83.